The minimum atomic E-state index is 0.0873. The van der Waals surface area contributed by atoms with E-state index in [1.807, 2.05) is 31.2 Å². The van der Waals surface area contributed by atoms with E-state index in [-0.39, 0.29) is 6.04 Å². The summed E-state index contributed by atoms with van der Waals surface area (Å²) in [4.78, 5) is 0. The van der Waals surface area contributed by atoms with Gasteiger partial charge in [-0.3, -0.25) is 0 Å². The lowest BCUT2D eigenvalue weighted by Gasteiger charge is -2.18. The van der Waals surface area contributed by atoms with E-state index in [2.05, 4.69) is 21.2 Å². The summed E-state index contributed by atoms with van der Waals surface area (Å²) in [7, 11) is 0. The monoisotopic (exact) mass is 377 g/mol. The summed E-state index contributed by atoms with van der Waals surface area (Å²) in [6, 6.07) is 11.5. The van der Waals surface area contributed by atoms with Crippen molar-refractivity contribution >= 4 is 56.4 Å². The van der Waals surface area contributed by atoms with Gasteiger partial charge < -0.3 is 5.32 Å². The van der Waals surface area contributed by atoms with E-state index >= 15 is 0 Å². The second-order valence-corrected chi connectivity index (χ2v) is 6.33. The lowest BCUT2D eigenvalue weighted by Crippen LogP contribution is -2.07. The van der Waals surface area contributed by atoms with E-state index in [9.17, 15) is 0 Å². The molecule has 1 unspecified atom stereocenters. The molecule has 100 valence electrons. The molecule has 0 radical (unpaired) electrons. The highest BCUT2D eigenvalue weighted by Crippen LogP contribution is 2.35. The van der Waals surface area contributed by atoms with Crippen LogP contribution in [0.1, 0.15) is 18.5 Å². The van der Waals surface area contributed by atoms with Gasteiger partial charge in [-0.1, -0.05) is 62.9 Å². The van der Waals surface area contributed by atoms with E-state index in [1.165, 1.54) is 0 Å². The van der Waals surface area contributed by atoms with Crippen LogP contribution in [0.5, 0.6) is 0 Å². The van der Waals surface area contributed by atoms with Crippen molar-refractivity contribution in [3.8, 4) is 0 Å². The van der Waals surface area contributed by atoms with Gasteiger partial charge in [-0.2, -0.15) is 0 Å². The second kappa shape index (κ2) is 6.36. The molecule has 0 saturated carbocycles. The van der Waals surface area contributed by atoms with Gasteiger partial charge in [-0.05, 0) is 36.8 Å². The molecule has 1 atom stereocenters. The molecular weight excluding hydrogens is 368 g/mol. The van der Waals surface area contributed by atoms with Crippen LogP contribution in [-0.4, -0.2) is 0 Å². The molecule has 2 aromatic carbocycles. The Morgan fingerprint density at radius 3 is 2.05 bits per heavy atom. The highest BCUT2D eigenvalue weighted by Gasteiger charge is 2.12. The third kappa shape index (κ3) is 3.79. The van der Waals surface area contributed by atoms with Crippen molar-refractivity contribution in [3.05, 3.63) is 61.5 Å². The highest BCUT2D eigenvalue weighted by atomic mass is 79.9. The molecule has 0 aliphatic rings. The van der Waals surface area contributed by atoms with Gasteiger partial charge in [0.1, 0.15) is 0 Å². The molecule has 5 heteroatoms. The number of hydrogen-bond donors (Lipinski definition) is 1. The predicted molar refractivity (Wildman–Crippen MR) is 87.7 cm³/mol. The zero-order chi connectivity index (χ0) is 14.0. The summed E-state index contributed by atoms with van der Waals surface area (Å²) in [6.45, 7) is 2.05. The van der Waals surface area contributed by atoms with Crippen LogP contribution in [-0.2, 0) is 0 Å². The summed E-state index contributed by atoms with van der Waals surface area (Å²) in [6.07, 6.45) is 0. The van der Waals surface area contributed by atoms with Crippen molar-refractivity contribution < 1.29 is 0 Å². The summed E-state index contributed by atoms with van der Waals surface area (Å²) in [5, 5.41) is 4.86. The van der Waals surface area contributed by atoms with E-state index in [4.69, 9.17) is 34.8 Å². The van der Waals surface area contributed by atoms with Gasteiger partial charge >= 0.3 is 0 Å². The average Bonchev–Trinajstić information content (AvgIpc) is 2.34. The molecule has 0 amide bonds. The molecule has 0 aliphatic carbocycles. The smallest absolute Gasteiger partial charge is 0.0724 e. The maximum absolute atomic E-state index is 6.15. The van der Waals surface area contributed by atoms with Crippen molar-refractivity contribution in [2.45, 2.75) is 13.0 Å². The molecule has 0 aromatic heterocycles. The fraction of sp³-hybridized carbons (Fsp3) is 0.143. The summed E-state index contributed by atoms with van der Waals surface area (Å²) >= 11 is 21.6. The van der Waals surface area contributed by atoms with Crippen LogP contribution >= 0.6 is 50.7 Å². The molecule has 0 saturated heterocycles. The number of halogens is 4. The number of rotatable bonds is 3. The Morgan fingerprint density at radius 1 is 1.00 bits per heavy atom. The van der Waals surface area contributed by atoms with Crippen LogP contribution in [0.15, 0.2) is 40.9 Å². The molecule has 0 spiro atoms. The quantitative estimate of drug-likeness (QED) is 0.635. The molecule has 1 N–H and O–H groups in total. The van der Waals surface area contributed by atoms with Crippen LogP contribution in [0.25, 0.3) is 0 Å². The normalized spacial score (nSPS) is 12.3. The van der Waals surface area contributed by atoms with Gasteiger partial charge in [0.2, 0.25) is 0 Å². The second-order valence-electron chi connectivity index (χ2n) is 4.16. The van der Waals surface area contributed by atoms with Gasteiger partial charge in [-0.25, -0.2) is 0 Å². The van der Waals surface area contributed by atoms with Crippen LogP contribution in [0, 0.1) is 0 Å². The van der Waals surface area contributed by atoms with Gasteiger partial charge in [0.15, 0.2) is 0 Å². The third-order valence-corrected chi connectivity index (χ3v) is 4.08. The molecule has 2 rings (SSSR count). The van der Waals surface area contributed by atoms with Crippen LogP contribution in [0.2, 0.25) is 15.1 Å². The van der Waals surface area contributed by atoms with Gasteiger partial charge in [0, 0.05) is 15.5 Å². The predicted octanol–water partition coefficient (Wildman–Crippen LogP) is 6.58. The Balaban J connectivity index is 2.24. The topological polar surface area (TPSA) is 12.0 Å². The summed E-state index contributed by atoms with van der Waals surface area (Å²) in [5.41, 5.74) is 1.84. The van der Waals surface area contributed by atoms with Gasteiger partial charge in [0.05, 0.1) is 15.7 Å². The summed E-state index contributed by atoms with van der Waals surface area (Å²) < 4.78 is 1.05. The third-order valence-electron chi connectivity index (χ3n) is 2.74. The summed E-state index contributed by atoms with van der Waals surface area (Å²) in [5.74, 6) is 0. The Bertz CT molecular complexity index is 561. The van der Waals surface area contributed by atoms with E-state index in [1.54, 1.807) is 12.1 Å². The van der Waals surface area contributed by atoms with Crippen molar-refractivity contribution in [2.75, 3.05) is 5.32 Å². The lowest BCUT2D eigenvalue weighted by molar-refractivity contribution is 0.884. The zero-order valence-corrected chi connectivity index (χ0v) is 13.9. The molecule has 1 nitrogen and oxygen atoms in total. The Morgan fingerprint density at radius 2 is 1.53 bits per heavy atom. The fourth-order valence-corrected chi connectivity index (χ4v) is 2.92. The number of hydrogen-bond acceptors (Lipinski definition) is 1. The Labute approximate surface area is 136 Å². The Kier molecular flexibility index (Phi) is 5.02. The maximum Gasteiger partial charge on any atom is 0.0724 e. The standard InChI is InChI=1S/C14H11BrCl3N/c1-8(9-2-4-10(15)5-3-9)19-14-12(17)6-11(16)7-13(14)18/h2-8,19H,1H3. The first kappa shape index (κ1) is 15.0. The molecule has 0 fully saturated rings. The van der Waals surface area contributed by atoms with E-state index in [0.717, 1.165) is 10.0 Å². The van der Waals surface area contributed by atoms with E-state index in [0.29, 0.717) is 20.8 Å². The molecule has 19 heavy (non-hydrogen) atoms. The number of nitrogens with one attached hydrogen (secondary N) is 1. The number of anilines is 1. The van der Waals surface area contributed by atoms with Gasteiger partial charge in [-0.15, -0.1) is 0 Å². The first-order chi connectivity index (χ1) is 8.97. The van der Waals surface area contributed by atoms with Crippen LogP contribution in [0.4, 0.5) is 5.69 Å². The molecule has 2 aromatic rings. The molecular formula is C14H11BrCl3N. The minimum absolute atomic E-state index is 0.0873. The minimum Gasteiger partial charge on any atom is -0.376 e. The molecule has 0 aliphatic heterocycles. The first-order valence-corrected chi connectivity index (χ1v) is 7.56. The van der Waals surface area contributed by atoms with Crippen molar-refractivity contribution in [1.29, 1.82) is 0 Å². The molecule has 0 bridgehead atoms. The van der Waals surface area contributed by atoms with E-state index < -0.39 is 0 Å². The maximum atomic E-state index is 6.15. The highest BCUT2D eigenvalue weighted by molar-refractivity contribution is 9.10. The SMILES string of the molecule is CC(Nc1c(Cl)cc(Cl)cc1Cl)c1ccc(Br)cc1. The van der Waals surface area contributed by atoms with Crippen molar-refractivity contribution in [2.24, 2.45) is 0 Å². The largest absolute Gasteiger partial charge is 0.376 e. The molecule has 0 heterocycles. The van der Waals surface area contributed by atoms with Crippen LogP contribution in [0.3, 0.4) is 0 Å². The van der Waals surface area contributed by atoms with Crippen molar-refractivity contribution in [1.82, 2.24) is 0 Å². The number of benzene rings is 2. The Hall–Kier alpha value is -0.410. The van der Waals surface area contributed by atoms with Crippen LogP contribution < -0.4 is 5.32 Å². The van der Waals surface area contributed by atoms with Crippen molar-refractivity contribution in [3.63, 3.8) is 0 Å². The zero-order valence-electron chi connectivity index (χ0n) is 10.1. The fourth-order valence-electron chi connectivity index (χ4n) is 1.73. The average molecular weight is 380 g/mol. The van der Waals surface area contributed by atoms with Gasteiger partial charge in [0.25, 0.3) is 0 Å². The first-order valence-electron chi connectivity index (χ1n) is 5.64. The lowest BCUT2D eigenvalue weighted by atomic mass is 10.1.